The van der Waals surface area contributed by atoms with E-state index in [0.717, 1.165) is 6.26 Å². The zero-order chi connectivity index (χ0) is 12.4. The van der Waals surface area contributed by atoms with Gasteiger partial charge in [-0.25, -0.2) is 9.59 Å². The fraction of sp³-hybridized carbons (Fsp3) is 0.333. The zero-order valence-corrected chi connectivity index (χ0v) is 8.60. The molecule has 2 N–H and O–H groups in total. The Balaban J connectivity index is 0. The van der Waals surface area contributed by atoms with Crippen molar-refractivity contribution in [2.45, 2.75) is 20.1 Å². The molecular formula is C9H14O6. The molecule has 0 aliphatic carbocycles. The van der Waals surface area contributed by atoms with E-state index in [-0.39, 0.29) is 5.57 Å². The molecule has 0 fully saturated rings. The van der Waals surface area contributed by atoms with E-state index in [2.05, 4.69) is 22.6 Å². The van der Waals surface area contributed by atoms with E-state index in [4.69, 9.17) is 10.2 Å². The van der Waals surface area contributed by atoms with Gasteiger partial charge in [0, 0.05) is 5.57 Å². The van der Waals surface area contributed by atoms with Crippen molar-refractivity contribution in [2.75, 3.05) is 0 Å². The lowest BCUT2D eigenvalue weighted by Crippen LogP contribution is -2.13. The van der Waals surface area contributed by atoms with E-state index in [0.29, 0.717) is 0 Å². The van der Waals surface area contributed by atoms with Gasteiger partial charge in [-0.3, -0.25) is 0 Å². The first-order chi connectivity index (χ1) is 6.81. The number of aliphatic hydroxyl groups is 1. The first kappa shape index (κ1) is 15.6. The van der Waals surface area contributed by atoms with Gasteiger partial charge in [-0.1, -0.05) is 13.2 Å². The van der Waals surface area contributed by atoms with Crippen molar-refractivity contribution < 1.29 is 29.3 Å². The van der Waals surface area contributed by atoms with Gasteiger partial charge in [0.25, 0.3) is 0 Å². The molecule has 0 aromatic heterocycles. The van der Waals surface area contributed by atoms with Crippen LogP contribution in [0.5, 0.6) is 0 Å². The van der Waals surface area contributed by atoms with Crippen LogP contribution in [0, 0.1) is 0 Å². The summed E-state index contributed by atoms with van der Waals surface area (Å²) in [5.41, 5.74) is 0.288. The third-order valence-electron chi connectivity index (χ3n) is 0.810. The van der Waals surface area contributed by atoms with E-state index < -0.39 is 18.4 Å². The largest absolute Gasteiger partial charge is 0.510 e. The third-order valence-corrected chi connectivity index (χ3v) is 0.810. The third kappa shape index (κ3) is 15.0. The van der Waals surface area contributed by atoms with Crippen molar-refractivity contribution in [1.82, 2.24) is 0 Å². The molecule has 0 heterocycles. The molecule has 6 nitrogen and oxygen atoms in total. The molecule has 0 rings (SSSR count). The topological polar surface area (TPSA) is 93.1 Å². The summed E-state index contributed by atoms with van der Waals surface area (Å²) in [6.45, 7) is 9.20. The van der Waals surface area contributed by atoms with Gasteiger partial charge >= 0.3 is 12.1 Å². The Hall–Kier alpha value is -1.82. The second-order valence-electron chi connectivity index (χ2n) is 2.34. The van der Waals surface area contributed by atoms with Crippen molar-refractivity contribution in [3.63, 3.8) is 0 Å². The van der Waals surface area contributed by atoms with Crippen molar-refractivity contribution in [1.29, 1.82) is 0 Å². The molecule has 15 heavy (non-hydrogen) atoms. The van der Waals surface area contributed by atoms with Gasteiger partial charge in [0.05, 0.1) is 6.26 Å². The Bertz CT molecular complexity index is 243. The van der Waals surface area contributed by atoms with E-state index in [9.17, 15) is 9.59 Å². The average molecular weight is 218 g/mol. The van der Waals surface area contributed by atoms with Crippen LogP contribution in [-0.4, -0.2) is 28.6 Å². The number of ether oxygens (including phenoxy) is 2. The number of aliphatic hydroxyl groups excluding tert-OH is 1. The standard InChI is InChI=1S/C6H10O3.C3H4O3/c1-4(2)6(8)9-5(3)7;1-2-6-3(4)5/h5,7H,1H2,2-3H3;2H,1H2,(H,4,5). The molecule has 0 saturated heterocycles. The highest BCUT2D eigenvalue weighted by atomic mass is 16.7. The zero-order valence-electron chi connectivity index (χ0n) is 8.60. The number of hydrogen-bond donors (Lipinski definition) is 2. The molecule has 0 saturated carbocycles. The molecule has 1 atom stereocenters. The predicted octanol–water partition coefficient (Wildman–Crippen LogP) is 1.27. The second kappa shape index (κ2) is 8.76. The molecule has 0 aliphatic heterocycles. The summed E-state index contributed by atoms with van der Waals surface area (Å²) in [4.78, 5) is 19.8. The minimum absolute atomic E-state index is 0.288. The van der Waals surface area contributed by atoms with E-state index in [1.54, 1.807) is 0 Å². The Morgan fingerprint density at radius 1 is 1.47 bits per heavy atom. The van der Waals surface area contributed by atoms with Crippen LogP contribution >= 0.6 is 0 Å². The molecule has 86 valence electrons. The van der Waals surface area contributed by atoms with Gasteiger partial charge in [0.1, 0.15) is 0 Å². The molecule has 6 heteroatoms. The molecule has 0 spiro atoms. The lowest BCUT2D eigenvalue weighted by Gasteiger charge is -2.04. The van der Waals surface area contributed by atoms with Gasteiger partial charge in [-0.2, -0.15) is 0 Å². The van der Waals surface area contributed by atoms with Crippen LogP contribution in [0.25, 0.3) is 0 Å². The highest BCUT2D eigenvalue weighted by molar-refractivity contribution is 5.86. The maximum absolute atomic E-state index is 10.5. The molecule has 0 bridgehead atoms. The average Bonchev–Trinajstić information content (AvgIpc) is 2.03. The molecule has 0 aliphatic rings. The van der Waals surface area contributed by atoms with Crippen LogP contribution in [0.15, 0.2) is 25.0 Å². The highest BCUT2D eigenvalue weighted by Crippen LogP contribution is 1.94. The van der Waals surface area contributed by atoms with Crippen LogP contribution in [0.2, 0.25) is 0 Å². The first-order valence-corrected chi connectivity index (χ1v) is 3.86. The van der Waals surface area contributed by atoms with Crippen LogP contribution in [0.4, 0.5) is 4.79 Å². The fourth-order valence-electron chi connectivity index (χ4n) is 0.327. The van der Waals surface area contributed by atoms with Gasteiger partial charge in [-0.15, -0.1) is 0 Å². The summed E-state index contributed by atoms with van der Waals surface area (Å²) in [6.07, 6.45) is -1.53. The van der Waals surface area contributed by atoms with Crippen LogP contribution in [0.1, 0.15) is 13.8 Å². The Morgan fingerprint density at radius 3 is 2.00 bits per heavy atom. The highest BCUT2D eigenvalue weighted by Gasteiger charge is 2.04. The van der Waals surface area contributed by atoms with Gasteiger partial charge in [-0.05, 0) is 13.8 Å². The maximum atomic E-state index is 10.5. The Labute approximate surface area is 87.4 Å². The Kier molecular flexibility index (Phi) is 9.14. The summed E-state index contributed by atoms with van der Waals surface area (Å²) in [5.74, 6) is -0.565. The molecule has 0 amide bonds. The second-order valence-corrected chi connectivity index (χ2v) is 2.34. The van der Waals surface area contributed by atoms with Crippen molar-refractivity contribution in [2.24, 2.45) is 0 Å². The Morgan fingerprint density at radius 2 is 1.93 bits per heavy atom. The van der Waals surface area contributed by atoms with E-state index in [1.165, 1.54) is 13.8 Å². The van der Waals surface area contributed by atoms with Gasteiger partial charge < -0.3 is 19.7 Å². The summed E-state index contributed by atoms with van der Waals surface area (Å²) < 4.78 is 8.05. The lowest BCUT2D eigenvalue weighted by molar-refractivity contribution is -0.159. The van der Waals surface area contributed by atoms with Crippen molar-refractivity contribution in [3.8, 4) is 0 Å². The molecule has 1 unspecified atom stereocenters. The number of hydrogen-bond acceptors (Lipinski definition) is 5. The fourth-order valence-corrected chi connectivity index (χ4v) is 0.327. The molecular weight excluding hydrogens is 204 g/mol. The van der Waals surface area contributed by atoms with Gasteiger partial charge in [0.2, 0.25) is 0 Å². The number of carbonyl (C=O) groups excluding carboxylic acids is 1. The number of carbonyl (C=O) groups is 2. The summed E-state index contributed by atoms with van der Waals surface area (Å²) in [7, 11) is 0. The monoisotopic (exact) mass is 218 g/mol. The van der Waals surface area contributed by atoms with E-state index >= 15 is 0 Å². The quantitative estimate of drug-likeness (QED) is 0.320. The molecule has 0 aromatic carbocycles. The SMILES string of the molecule is C=C(C)C(=O)OC(C)O.C=COC(=O)O. The summed E-state index contributed by atoms with van der Waals surface area (Å²) in [6, 6.07) is 0. The molecule has 0 aromatic rings. The number of rotatable bonds is 3. The predicted molar refractivity (Wildman–Crippen MR) is 51.9 cm³/mol. The minimum Gasteiger partial charge on any atom is -0.449 e. The normalized spacial score (nSPS) is 10.1. The minimum atomic E-state index is -1.33. The number of esters is 1. The van der Waals surface area contributed by atoms with Crippen LogP contribution in [0.3, 0.4) is 0 Å². The maximum Gasteiger partial charge on any atom is 0.510 e. The summed E-state index contributed by atoms with van der Waals surface area (Å²) >= 11 is 0. The lowest BCUT2D eigenvalue weighted by atomic mass is 10.4. The molecule has 0 radical (unpaired) electrons. The summed E-state index contributed by atoms with van der Waals surface area (Å²) in [5, 5.41) is 16.1. The van der Waals surface area contributed by atoms with Crippen molar-refractivity contribution in [3.05, 3.63) is 25.0 Å². The van der Waals surface area contributed by atoms with Crippen LogP contribution < -0.4 is 0 Å². The van der Waals surface area contributed by atoms with Gasteiger partial charge in [0.15, 0.2) is 6.29 Å². The number of carboxylic acid groups (broad SMARTS) is 1. The first-order valence-electron chi connectivity index (χ1n) is 3.86. The van der Waals surface area contributed by atoms with Crippen LogP contribution in [-0.2, 0) is 14.3 Å². The van der Waals surface area contributed by atoms with E-state index in [1.807, 2.05) is 0 Å². The smallest absolute Gasteiger partial charge is 0.449 e. The van der Waals surface area contributed by atoms with Crippen molar-refractivity contribution >= 4 is 12.1 Å².